The smallest absolute Gasteiger partial charge is 0.254 e. The van der Waals surface area contributed by atoms with E-state index in [-0.39, 0.29) is 24.8 Å². The molecule has 0 saturated carbocycles. The standard InChI is InChI=1S/C29H34N4O5S/c1-5-38-24-8-6-7-22(13-24)29(37)32(4)19(3)28(36)33-16-23(34)14-25(33)27(35)30-15-20-9-11-21(12-10-20)26-18(2)31-17-39-26/h6-13,17,19,23,25,34H,5,14-16H2,1-4H3,(H,30,35)/t19?,23-,25+/m1/s1. The SMILES string of the molecule is CCOc1cccc(C(=O)N(C)C(C)C(=O)N2C[C@H](O)C[C@H]2C(=O)NCc2ccc(-c3scnc3C)cc2)c1. The molecule has 2 N–H and O–H groups in total. The van der Waals surface area contributed by atoms with Crippen molar-refractivity contribution in [2.45, 2.75) is 51.9 Å². The number of amides is 3. The Morgan fingerprint density at radius 1 is 1.23 bits per heavy atom. The molecular weight excluding hydrogens is 516 g/mol. The Bertz CT molecular complexity index is 1330. The summed E-state index contributed by atoms with van der Waals surface area (Å²) in [6, 6.07) is 13.0. The fourth-order valence-corrected chi connectivity index (χ4v) is 5.45. The van der Waals surface area contributed by atoms with Crippen LogP contribution in [0.25, 0.3) is 10.4 Å². The van der Waals surface area contributed by atoms with E-state index in [9.17, 15) is 19.5 Å². The first kappa shape index (κ1) is 28.3. The molecule has 10 heteroatoms. The molecule has 39 heavy (non-hydrogen) atoms. The van der Waals surface area contributed by atoms with E-state index in [1.807, 2.05) is 43.6 Å². The number of hydrogen-bond acceptors (Lipinski definition) is 7. The van der Waals surface area contributed by atoms with Crippen LogP contribution in [0.3, 0.4) is 0 Å². The van der Waals surface area contributed by atoms with Crippen molar-refractivity contribution >= 4 is 29.1 Å². The van der Waals surface area contributed by atoms with E-state index in [0.717, 1.165) is 21.7 Å². The van der Waals surface area contributed by atoms with Gasteiger partial charge in [0.2, 0.25) is 11.8 Å². The van der Waals surface area contributed by atoms with Crippen molar-refractivity contribution in [3.63, 3.8) is 0 Å². The lowest BCUT2D eigenvalue weighted by molar-refractivity contribution is -0.141. The molecule has 9 nitrogen and oxygen atoms in total. The van der Waals surface area contributed by atoms with Crippen molar-refractivity contribution in [2.24, 2.45) is 0 Å². The molecule has 0 aliphatic carbocycles. The van der Waals surface area contributed by atoms with Gasteiger partial charge in [0.05, 0.1) is 28.8 Å². The molecular formula is C29H34N4O5S. The van der Waals surface area contributed by atoms with Crippen molar-refractivity contribution in [3.05, 3.63) is 70.9 Å². The minimum atomic E-state index is -0.836. The number of benzene rings is 2. The topological polar surface area (TPSA) is 112 Å². The number of thiazole rings is 1. The number of β-amino-alcohol motifs (C(OH)–C–C–N with tert-alkyl or cyclic N) is 1. The van der Waals surface area contributed by atoms with Crippen LogP contribution in [0.2, 0.25) is 0 Å². The Kier molecular flexibility index (Phi) is 8.98. The van der Waals surface area contributed by atoms with Crippen molar-refractivity contribution in [3.8, 4) is 16.2 Å². The van der Waals surface area contributed by atoms with Gasteiger partial charge >= 0.3 is 0 Å². The molecule has 1 aromatic heterocycles. The van der Waals surface area contributed by atoms with Gasteiger partial charge in [0, 0.05) is 32.1 Å². The summed E-state index contributed by atoms with van der Waals surface area (Å²) in [4.78, 5) is 47.7. The Morgan fingerprint density at radius 3 is 2.64 bits per heavy atom. The van der Waals surface area contributed by atoms with E-state index in [2.05, 4.69) is 10.3 Å². The maximum Gasteiger partial charge on any atom is 0.254 e. The second kappa shape index (κ2) is 12.4. The number of nitrogens with one attached hydrogen (secondary N) is 1. The molecule has 1 aliphatic heterocycles. The number of likely N-dealkylation sites (tertiary alicyclic amines) is 1. The van der Waals surface area contributed by atoms with Gasteiger partial charge in [-0.2, -0.15) is 0 Å². The summed E-state index contributed by atoms with van der Waals surface area (Å²) in [7, 11) is 1.55. The molecule has 1 unspecified atom stereocenters. The first-order valence-electron chi connectivity index (χ1n) is 12.9. The van der Waals surface area contributed by atoms with Crippen LogP contribution in [-0.4, -0.2) is 76.0 Å². The van der Waals surface area contributed by atoms with E-state index >= 15 is 0 Å². The second-order valence-corrected chi connectivity index (χ2v) is 10.5. The molecule has 0 spiro atoms. The number of aryl methyl sites for hydroxylation is 1. The maximum atomic E-state index is 13.4. The number of likely N-dealkylation sites (N-methyl/N-ethyl adjacent to an activating group) is 1. The lowest BCUT2D eigenvalue weighted by Crippen LogP contribution is -2.52. The van der Waals surface area contributed by atoms with Crippen LogP contribution in [0.4, 0.5) is 0 Å². The number of aliphatic hydroxyl groups is 1. The fraction of sp³-hybridized carbons (Fsp3) is 0.379. The van der Waals surface area contributed by atoms with E-state index in [4.69, 9.17) is 4.74 Å². The zero-order chi connectivity index (χ0) is 28.1. The summed E-state index contributed by atoms with van der Waals surface area (Å²) in [5.74, 6) is -0.501. The van der Waals surface area contributed by atoms with Crippen LogP contribution >= 0.6 is 11.3 Å². The predicted octanol–water partition coefficient (Wildman–Crippen LogP) is 3.26. The van der Waals surface area contributed by atoms with Crippen LogP contribution in [0.5, 0.6) is 5.75 Å². The van der Waals surface area contributed by atoms with Gasteiger partial charge in [-0.1, -0.05) is 30.3 Å². The van der Waals surface area contributed by atoms with Gasteiger partial charge < -0.3 is 25.0 Å². The highest BCUT2D eigenvalue weighted by atomic mass is 32.1. The van der Waals surface area contributed by atoms with E-state index in [0.29, 0.717) is 24.5 Å². The van der Waals surface area contributed by atoms with E-state index < -0.39 is 24.1 Å². The Morgan fingerprint density at radius 2 is 1.97 bits per heavy atom. The van der Waals surface area contributed by atoms with Crippen LogP contribution in [0, 0.1) is 6.92 Å². The van der Waals surface area contributed by atoms with Gasteiger partial charge in [-0.05, 0) is 50.1 Å². The molecule has 2 heterocycles. The highest BCUT2D eigenvalue weighted by Crippen LogP contribution is 2.27. The molecule has 3 amide bonds. The van der Waals surface area contributed by atoms with E-state index in [1.165, 1.54) is 9.80 Å². The van der Waals surface area contributed by atoms with Crippen LogP contribution in [0.15, 0.2) is 54.0 Å². The largest absolute Gasteiger partial charge is 0.494 e. The zero-order valence-electron chi connectivity index (χ0n) is 22.6. The summed E-state index contributed by atoms with van der Waals surface area (Å²) in [6.07, 6.45) is -0.676. The third-order valence-corrected chi connectivity index (χ3v) is 7.92. The quantitative estimate of drug-likeness (QED) is 0.423. The second-order valence-electron chi connectivity index (χ2n) is 9.63. The number of aromatic nitrogens is 1. The molecule has 4 rings (SSSR count). The van der Waals surface area contributed by atoms with Gasteiger partial charge in [-0.3, -0.25) is 14.4 Å². The number of hydrogen-bond donors (Lipinski definition) is 2. The van der Waals surface area contributed by atoms with Crippen molar-refractivity contribution in [1.29, 1.82) is 0 Å². The molecule has 1 fully saturated rings. The van der Waals surface area contributed by atoms with Crippen molar-refractivity contribution in [1.82, 2.24) is 20.1 Å². The molecule has 2 aromatic carbocycles. The van der Waals surface area contributed by atoms with Gasteiger partial charge in [0.1, 0.15) is 17.8 Å². The Labute approximate surface area is 232 Å². The van der Waals surface area contributed by atoms with Crippen molar-refractivity contribution in [2.75, 3.05) is 20.2 Å². The highest BCUT2D eigenvalue weighted by molar-refractivity contribution is 7.13. The molecule has 0 bridgehead atoms. The van der Waals surface area contributed by atoms with Gasteiger partial charge in [-0.15, -0.1) is 11.3 Å². The third-order valence-electron chi connectivity index (χ3n) is 6.94. The average Bonchev–Trinajstić information content (AvgIpc) is 3.56. The van der Waals surface area contributed by atoms with Crippen LogP contribution in [-0.2, 0) is 16.1 Å². The van der Waals surface area contributed by atoms with E-state index in [1.54, 1.807) is 49.6 Å². The lowest BCUT2D eigenvalue weighted by atomic mass is 10.1. The zero-order valence-corrected chi connectivity index (χ0v) is 23.4. The molecule has 1 saturated heterocycles. The van der Waals surface area contributed by atoms with Gasteiger partial charge in [0.15, 0.2) is 0 Å². The molecule has 0 radical (unpaired) electrons. The third kappa shape index (κ3) is 6.46. The first-order chi connectivity index (χ1) is 18.7. The summed E-state index contributed by atoms with van der Waals surface area (Å²) >= 11 is 1.58. The molecule has 3 aromatic rings. The highest BCUT2D eigenvalue weighted by Gasteiger charge is 2.41. The number of nitrogens with zero attached hydrogens (tertiary/aromatic N) is 3. The lowest BCUT2D eigenvalue weighted by Gasteiger charge is -2.31. The fourth-order valence-electron chi connectivity index (χ4n) is 4.64. The number of rotatable bonds is 9. The molecule has 3 atom stereocenters. The number of carbonyl (C=O) groups excluding carboxylic acids is 3. The summed E-state index contributed by atoms with van der Waals surface area (Å²) < 4.78 is 5.48. The predicted molar refractivity (Wildman–Crippen MR) is 149 cm³/mol. The van der Waals surface area contributed by atoms with Crippen LogP contribution in [0.1, 0.15) is 41.9 Å². The van der Waals surface area contributed by atoms with Crippen molar-refractivity contribution < 1.29 is 24.2 Å². The minimum Gasteiger partial charge on any atom is -0.494 e. The minimum absolute atomic E-state index is 0.0337. The molecule has 1 aliphatic rings. The van der Waals surface area contributed by atoms with Gasteiger partial charge in [-0.25, -0.2) is 4.98 Å². The summed E-state index contributed by atoms with van der Waals surface area (Å²) in [5, 5.41) is 13.2. The average molecular weight is 551 g/mol. The Hall–Kier alpha value is -3.76. The number of aliphatic hydroxyl groups excluding tert-OH is 1. The summed E-state index contributed by atoms with van der Waals surface area (Å²) in [5.41, 5.74) is 5.18. The molecule has 206 valence electrons. The Balaban J connectivity index is 1.38. The first-order valence-corrected chi connectivity index (χ1v) is 13.8. The number of carbonyl (C=O) groups is 3. The summed E-state index contributed by atoms with van der Waals surface area (Å²) in [6.45, 7) is 6.25. The van der Waals surface area contributed by atoms with Crippen LogP contribution < -0.4 is 10.1 Å². The normalized spacial score (nSPS) is 17.5. The maximum absolute atomic E-state index is 13.4. The number of ether oxygens (including phenoxy) is 1. The monoisotopic (exact) mass is 550 g/mol. The van der Waals surface area contributed by atoms with Gasteiger partial charge in [0.25, 0.3) is 5.91 Å².